The monoisotopic (exact) mass is 681 g/mol. The van der Waals surface area contributed by atoms with Crippen LogP contribution in [0, 0.1) is 24.4 Å². The fourth-order valence-electron chi connectivity index (χ4n) is 4.57. The number of carbonyl (C=O) groups is 3. The topological polar surface area (TPSA) is 174 Å². The molecule has 0 fully saturated rings. The van der Waals surface area contributed by atoms with Gasteiger partial charge in [0.1, 0.15) is 29.6 Å². The van der Waals surface area contributed by atoms with E-state index < -0.39 is 58.6 Å². The van der Waals surface area contributed by atoms with Gasteiger partial charge in [-0.3, -0.25) is 14.0 Å². The number of hydrogen-bond donors (Lipinski definition) is 4. The van der Waals surface area contributed by atoms with Crippen molar-refractivity contribution in [2.24, 2.45) is 5.73 Å². The van der Waals surface area contributed by atoms with Crippen LogP contribution in [0.15, 0.2) is 30.5 Å². The number of benzene rings is 1. The molecule has 0 saturated heterocycles. The van der Waals surface area contributed by atoms with Gasteiger partial charge in [0.15, 0.2) is 28.9 Å². The Bertz CT molecular complexity index is 1940. The molecule has 5 rings (SSSR count). The van der Waals surface area contributed by atoms with Gasteiger partial charge in [-0.1, -0.05) is 0 Å². The summed E-state index contributed by atoms with van der Waals surface area (Å²) in [5, 5.41) is 12.6. The number of carboxylic acid groups (broad SMARTS) is 1. The van der Waals surface area contributed by atoms with Crippen LogP contribution in [-0.4, -0.2) is 60.5 Å². The van der Waals surface area contributed by atoms with E-state index in [1.54, 1.807) is 57.3 Å². The lowest BCUT2D eigenvalue weighted by atomic mass is 9.85. The normalized spacial score (nSPS) is 13.8. The summed E-state index contributed by atoms with van der Waals surface area (Å²) in [6.07, 6.45) is -3.43. The highest BCUT2D eigenvalue weighted by atomic mass is 19.4. The van der Waals surface area contributed by atoms with Gasteiger partial charge >= 0.3 is 12.1 Å². The van der Waals surface area contributed by atoms with Crippen LogP contribution >= 0.6 is 0 Å². The SMILES string of the molecule is Cc1nc2c(OCc3c(F)ccc(F)c3F)cccn2c1-c1nc2c(c(C(=O)NCC(C)(C)N)n1)C(C)(C)C(=O)N2.O=C(O)C(F)(F)F. The molecule has 18 heteroatoms. The lowest BCUT2D eigenvalue weighted by Gasteiger charge is -2.21. The van der Waals surface area contributed by atoms with Crippen LogP contribution in [0.3, 0.4) is 0 Å². The zero-order valence-corrected chi connectivity index (χ0v) is 26.0. The Kier molecular flexibility index (Phi) is 9.45. The number of nitrogens with zero attached hydrogens (tertiary/aromatic N) is 4. The number of alkyl halides is 3. The maximum atomic E-state index is 14.2. The Labute approximate surface area is 268 Å². The Morgan fingerprint density at radius 1 is 1.08 bits per heavy atom. The van der Waals surface area contributed by atoms with E-state index in [0.29, 0.717) is 23.0 Å². The van der Waals surface area contributed by atoms with Gasteiger partial charge in [0.05, 0.1) is 16.7 Å². The number of rotatable bonds is 7. The van der Waals surface area contributed by atoms with Crippen molar-refractivity contribution in [2.45, 2.75) is 58.4 Å². The number of aryl methyl sites for hydroxylation is 1. The maximum Gasteiger partial charge on any atom is 0.490 e. The molecule has 1 aliphatic heterocycles. The number of ether oxygens (including phenoxy) is 1. The van der Waals surface area contributed by atoms with E-state index in [1.807, 2.05) is 0 Å². The minimum Gasteiger partial charge on any atom is -0.485 e. The molecular formula is C30H29F6N7O5. The molecule has 0 bridgehead atoms. The highest BCUT2D eigenvalue weighted by Gasteiger charge is 2.44. The van der Waals surface area contributed by atoms with Crippen LogP contribution in [0.4, 0.5) is 32.2 Å². The minimum atomic E-state index is -5.08. The second-order valence-corrected chi connectivity index (χ2v) is 11.9. The molecule has 2 amide bonds. The first-order chi connectivity index (χ1) is 22.1. The van der Waals surface area contributed by atoms with Gasteiger partial charge in [0, 0.05) is 23.8 Å². The maximum absolute atomic E-state index is 14.2. The first-order valence-corrected chi connectivity index (χ1v) is 14.0. The number of amides is 2. The van der Waals surface area contributed by atoms with Gasteiger partial charge in [-0.05, 0) is 58.9 Å². The van der Waals surface area contributed by atoms with Crippen molar-refractivity contribution in [1.29, 1.82) is 0 Å². The van der Waals surface area contributed by atoms with Gasteiger partial charge < -0.3 is 26.2 Å². The summed E-state index contributed by atoms with van der Waals surface area (Å²) < 4.78 is 81.0. The van der Waals surface area contributed by atoms with Gasteiger partial charge in [-0.15, -0.1) is 0 Å². The van der Waals surface area contributed by atoms with Crippen molar-refractivity contribution in [3.8, 4) is 17.3 Å². The molecule has 48 heavy (non-hydrogen) atoms. The summed E-state index contributed by atoms with van der Waals surface area (Å²) in [5.41, 5.74) is 5.18. The molecule has 0 spiro atoms. The van der Waals surface area contributed by atoms with Crippen molar-refractivity contribution >= 4 is 29.2 Å². The lowest BCUT2D eigenvalue weighted by molar-refractivity contribution is -0.192. The molecular weight excluding hydrogens is 652 g/mol. The van der Waals surface area contributed by atoms with E-state index >= 15 is 0 Å². The van der Waals surface area contributed by atoms with Crippen LogP contribution in [0.1, 0.15) is 55.0 Å². The number of nitrogens with one attached hydrogen (secondary N) is 2. The van der Waals surface area contributed by atoms with Gasteiger partial charge in [0.2, 0.25) is 5.91 Å². The molecule has 0 saturated carbocycles. The molecule has 0 radical (unpaired) electrons. The van der Waals surface area contributed by atoms with Crippen molar-refractivity contribution in [1.82, 2.24) is 24.7 Å². The Balaban J connectivity index is 0.000000671. The van der Waals surface area contributed by atoms with Gasteiger partial charge in [-0.25, -0.2) is 32.9 Å². The van der Waals surface area contributed by atoms with Crippen LogP contribution < -0.4 is 21.1 Å². The number of fused-ring (bicyclic) bond motifs is 2. The van der Waals surface area contributed by atoms with Crippen LogP contribution in [-0.2, 0) is 21.6 Å². The molecule has 4 heterocycles. The largest absolute Gasteiger partial charge is 0.490 e. The summed E-state index contributed by atoms with van der Waals surface area (Å²) in [7, 11) is 0. The third kappa shape index (κ3) is 7.17. The van der Waals surface area contributed by atoms with Gasteiger partial charge in [-0.2, -0.15) is 13.2 Å². The first-order valence-electron chi connectivity index (χ1n) is 14.0. The number of hydrogen-bond acceptors (Lipinski definition) is 8. The Morgan fingerprint density at radius 2 is 1.71 bits per heavy atom. The zero-order chi connectivity index (χ0) is 35.9. The van der Waals surface area contributed by atoms with Crippen molar-refractivity contribution < 1.29 is 50.6 Å². The van der Waals surface area contributed by atoms with Crippen molar-refractivity contribution in [2.75, 3.05) is 11.9 Å². The predicted octanol–water partition coefficient (Wildman–Crippen LogP) is 4.43. The van der Waals surface area contributed by atoms with E-state index in [9.17, 15) is 35.9 Å². The van der Waals surface area contributed by atoms with E-state index in [1.165, 1.54) is 0 Å². The molecule has 1 aliphatic rings. The van der Waals surface area contributed by atoms with Gasteiger partial charge in [0.25, 0.3) is 5.91 Å². The second kappa shape index (κ2) is 12.7. The average Bonchev–Trinajstić information content (AvgIpc) is 3.44. The standard InChI is InChI=1S/C28H28F3N7O3.C2HF3O2/c1-13-21(38-10-6-7-17(24(38)34-13)41-11-14-15(29)8-9-16(30)19(14)31)23-35-20(25(39)33-12-27(2,3)32)18-22(36-23)37-26(40)28(18,4)5;3-2(4,5)1(6)7/h6-10H,11-12,32H2,1-5H3,(H,33,39)(H,35,36,37,40);(H,6,7). The smallest absolute Gasteiger partial charge is 0.485 e. The Morgan fingerprint density at radius 3 is 2.31 bits per heavy atom. The highest BCUT2D eigenvalue weighted by Crippen LogP contribution is 2.40. The number of aliphatic carboxylic acids is 1. The molecule has 5 N–H and O–H groups in total. The third-order valence-corrected chi connectivity index (χ3v) is 7.01. The second-order valence-electron chi connectivity index (χ2n) is 11.9. The predicted molar refractivity (Wildman–Crippen MR) is 158 cm³/mol. The van der Waals surface area contributed by atoms with Crippen LogP contribution in [0.2, 0.25) is 0 Å². The van der Waals surface area contributed by atoms with E-state index in [0.717, 1.165) is 6.07 Å². The number of imidazole rings is 1. The minimum absolute atomic E-state index is 0.0106. The summed E-state index contributed by atoms with van der Waals surface area (Å²) in [6, 6.07) is 4.68. The molecule has 1 aromatic carbocycles. The average molecular weight is 682 g/mol. The van der Waals surface area contributed by atoms with Crippen LogP contribution in [0.25, 0.3) is 17.2 Å². The van der Waals surface area contributed by atoms with E-state index in [2.05, 4.69) is 25.6 Å². The zero-order valence-electron chi connectivity index (χ0n) is 26.0. The van der Waals surface area contributed by atoms with Crippen molar-refractivity contribution in [3.63, 3.8) is 0 Å². The number of halogens is 6. The number of anilines is 1. The fourth-order valence-corrected chi connectivity index (χ4v) is 4.57. The quantitative estimate of drug-likeness (QED) is 0.163. The van der Waals surface area contributed by atoms with Crippen LogP contribution in [0.5, 0.6) is 5.75 Å². The summed E-state index contributed by atoms with van der Waals surface area (Å²) in [4.78, 5) is 48.7. The summed E-state index contributed by atoms with van der Waals surface area (Å²) in [6.45, 7) is 8.13. The molecule has 256 valence electrons. The molecule has 0 aliphatic carbocycles. The molecule has 3 aromatic heterocycles. The number of carboxylic acids is 1. The Hall–Kier alpha value is -5.26. The number of carbonyl (C=O) groups excluding carboxylic acids is 2. The summed E-state index contributed by atoms with van der Waals surface area (Å²) in [5.74, 6) is -6.65. The van der Waals surface area contributed by atoms with E-state index in [-0.39, 0.29) is 41.2 Å². The molecule has 0 unspecified atom stereocenters. The fraction of sp³-hybridized carbons (Fsp3) is 0.333. The summed E-state index contributed by atoms with van der Waals surface area (Å²) >= 11 is 0. The highest BCUT2D eigenvalue weighted by molar-refractivity contribution is 6.09. The molecule has 4 aromatic rings. The number of aromatic nitrogens is 4. The lowest BCUT2D eigenvalue weighted by Crippen LogP contribution is -2.45. The number of pyridine rings is 1. The third-order valence-electron chi connectivity index (χ3n) is 7.01. The molecule has 12 nitrogen and oxygen atoms in total. The molecule has 0 atom stereocenters. The first kappa shape index (κ1) is 35.6. The van der Waals surface area contributed by atoms with Crippen molar-refractivity contribution in [3.05, 3.63) is 70.4 Å². The number of nitrogens with two attached hydrogens (primary N) is 1. The van der Waals surface area contributed by atoms with E-state index in [4.69, 9.17) is 20.4 Å².